The number of nitrogens with one attached hydrogen (secondary N) is 1. The maximum absolute atomic E-state index is 11.7. The molecule has 6 heteroatoms. The molecule has 19 heavy (non-hydrogen) atoms. The molecule has 1 amide bonds. The first kappa shape index (κ1) is 18.2. The van der Waals surface area contributed by atoms with Gasteiger partial charge in [-0.15, -0.1) is 12.4 Å². The Morgan fingerprint density at radius 3 is 2.53 bits per heavy atom. The van der Waals surface area contributed by atoms with E-state index in [0.29, 0.717) is 12.2 Å². The fourth-order valence-electron chi connectivity index (χ4n) is 1.35. The van der Waals surface area contributed by atoms with E-state index in [4.69, 9.17) is 10.5 Å². The summed E-state index contributed by atoms with van der Waals surface area (Å²) in [4.78, 5) is 11.7. The van der Waals surface area contributed by atoms with Gasteiger partial charge in [-0.25, -0.2) is 0 Å². The molecule has 0 aliphatic rings. The van der Waals surface area contributed by atoms with E-state index in [1.807, 2.05) is 26.0 Å². The van der Waals surface area contributed by atoms with Gasteiger partial charge in [0, 0.05) is 28.7 Å². The summed E-state index contributed by atoms with van der Waals surface area (Å²) in [6, 6.07) is 5.49. The summed E-state index contributed by atoms with van der Waals surface area (Å²) >= 11 is 3.39. The molecule has 0 aromatic heterocycles. The molecule has 0 aliphatic heterocycles. The third-order valence-electron chi connectivity index (χ3n) is 2.31. The van der Waals surface area contributed by atoms with Gasteiger partial charge in [0.1, 0.15) is 5.75 Å². The highest BCUT2D eigenvalue weighted by Crippen LogP contribution is 2.25. The number of anilines is 1. The zero-order chi connectivity index (χ0) is 13.7. The van der Waals surface area contributed by atoms with E-state index in [1.54, 1.807) is 13.0 Å². The van der Waals surface area contributed by atoms with Crippen LogP contribution >= 0.6 is 28.3 Å². The van der Waals surface area contributed by atoms with Gasteiger partial charge < -0.3 is 15.8 Å². The molecule has 1 atom stereocenters. The van der Waals surface area contributed by atoms with E-state index in [-0.39, 0.29) is 30.3 Å². The van der Waals surface area contributed by atoms with Crippen LogP contribution in [0.25, 0.3) is 0 Å². The molecule has 0 bridgehead atoms. The fourth-order valence-corrected chi connectivity index (χ4v) is 1.82. The van der Waals surface area contributed by atoms with E-state index in [9.17, 15) is 4.79 Å². The zero-order valence-corrected chi connectivity index (χ0v) is 13.7. The van der Waals surface area contributed by atoms with Gasteiger partial charge in [0.15, 0.2) is 0 Å². The molecule has 0 radical (unpaired) electrons. The third-order valence-corrected chi connectivity index (χ3v) is 2.77. The maximum Gasteiger partial charge on any atom is 0.228 e. The van der Waals surface area contributed by atoms with Gasteiger partial charge >= 0.3 is 0 Å². The minimum atomic E-state index is -0.210. The van der Waals surface area contributed by atoms with Gasteiger partial charge in [0.25, 0.3) is 0 Å². The van der Waals surface area contributed by atoms with Crippen molar-refractivity contribution in [2.45, 2.75) is 26.9 Å². The average molecular weight is 352 g/mol. The normalized spacial score (nSPS) is 11.7. The smallest absolute Gasteiger partial charge is 0.228 e. The number of amides is 1. The Kier molecular flexibility index (Phi) is 8.06. The van der Waals surface area contributed by atoms with Crippen LogP contribution in [-0.2, 0) is 4.79 Å². The minimum absolute atomic E-state index is 0. The minimum Gasteiger partial charge on any atom is -0.491 e. The summed E-state index contributed by atoms with van der Waals surface area (Å²) < 4.78 is 6.46. The van der Waals surface area contributed by atoms with Gasteiger partial charge in [-0.2, -0.15) is 0 Å². The van der Waals surface area contributed by atoms with E-state index in [0.717, 1.165) is 10.2 Å². The van der Waals surface area contributed by atoms with Gasteiger partial charge in [-0.1, -0.05) is 22.9 Å². The largest absolute Gasteiger partial charge is 0.491 e. The SMILES string of the molecule is CC(C)Oc1cc(Br)cc(NC(=O)C(C)CN)c1.Cl. The van der Waals surface area contributed by atoms with Crippen molar-refractivity contribution < 1.29 is 9.53 Å². The van der Waals surface area contributed by atoms with Crippen molar-refractivity contribution >= 4 is 39.9 Å². The van der Waals surface area contributed by atoms with E-state index >= 15 is 0 Å². The standard InChI is InChI=1S/C13H19BrN2O2.ClH/c1-8(2)18-12-5-10(14)4-11(6-12)16-13(17)9(3)7-15;/h4-6,8-9H,7,15H2,1-3H3,(H,16,17);1H. The van der Waals surface area contributed by atoms with E-state index in [1.165, 1.54) is 0 Å². The lowest BCUT2D eigenvalue weighted by Gasteiger charge is -2.14. The van der Waals surface area contributed by atoms with Crippen molar-refractivity contribution in [3.05, 3.63) is 22.7 Å². The molecule has 0 spiro atoms. The molecule has 0 aliphatic carbocycles. The highest BCUT2D eigenvalue weighted by molar-refractivity contribution is 9.10. The number of hydrogen-bond donors (Lipinski definition) is 2. The number of nitrogens with two attached hydrogens (primary N) is 1. The molecule has 4 nitrogen and oxygen atoms in total. The molecule has 1 aromatic carbocycles. The molecule has 1 unspecified atom stereocenters. The molecule has 0 fully saturated rings. The predicted octanol–water partition coefficient (Wildman–Crippen LogP) is 3.19. The van der Waals surface area contributed by atoms with Crippen LogP contribution in [0.5, 0.6) is 5.75 Å². The third kappa shape index (κ3) is 6.27. The van der Waals surface area contributed by atoms with E-state index in [2.05, 4.69) is 21.2 Å². The first-order valence-electron chi connectivity index (χ1n) is 5.90. The highest BCUT2D eigenvalue weighted by Gasteiger charge is 2.12. The van der Waals surface area contributed by atoms with Gasteiger partial charge in [-0.3, -0.25) is 4.79 Å². The predicted molar refractivity (Wildman–Crippen MR) is 84.0 cm³/mol. The fraction of sp³-hybridized carbons (Fsp3) is 0.462. The molecule has 0 saturated heterocycles. The summed E-state index contributed by atoms with van der Waals surface area (Å²) in [5.41, 5.74) is 6.16. The Morgan fingerprint density at radius 2 is 2.00 bits per heavy atom. The van der Waals surface area contributed by atoms with Crippen molar-refractivity contribution in [3.63, 3.8) is 0 Å². The van der Waals surface area contributed by atoms with Crippen molar-refractivity contribution in [1.29, 1.82) is 0 Å². The molecular formula is C13H20BrClN2O2. The van der Waals surface area contributed by atoms with Crippen LogP contribution < -0.4 is 15.8 Å². The summed E-state index contributed by atoms with van der Waals surface area (Å²) in [7, 11) is 0. The number of hydrogen-bond acceptors (Lipinski definition) is 3. The van der Waals surface area contributed by atoms with Gasteiger partial charge in [0.2, 0.25) is 5.91 Å². The first-order valence-corrected chi connectivity index (χ1v) is 6.70. The summed E-state index contributed by atoms with van der Waals surface area (Å²) in [5.74, 6) is 0.416. The quantitative estimate of drug-likeness (QED) is 0.856. The van der Waals surface area contributed by atoms with Crippen molar-refractivity contribution in [2.75, 3.05) is 11.9 Å². The molecule has 1 rings (SSSR count). The van der Waals surface area contributed by atoms with Gasteiger partial charge in [-0.05, 0) is 26.0 Å². The lowest BCUT2D eigenvalue weighted by atomic mass is 10.1. The molecule has 108 valence electrons. The summed E-state index contributed by atoms with van der Waals surface area (Å²) in [5, 5.41) is 2.82. The number of carbonyl (C=O) groups is 1. The summed E-state index contributed by atoms with van der Waals surface area (Å²) in [6.45, 7) is 6.03. The summed E-state index contributed by atoms with van der Waals surface area (Å²) in [6.07, 6.45) is 0.0887. The number of benzene rings is 1. The van der Waals surface area contributed by atoms with Crippen LogP contribution in [0.4, 0.5) is 5.69 Å². The van der Waals surface area contributed by atoms with Crippen LogP contribution in [-0.4, -0.2) is 18.6 Å². The number of ether oxygens (including phenoxy) is 1. The second kappa shape index (κ2) is 8.40. The van der Waals surface area contributed by atoms with E-state index < -0.39 is 0 Å². The Labute approximate surface area is 128 Å². The molecule has 3 N–H and O–H groups in total. The Bertz CT molecular complexity index is 427. The maximum atomic E-state index is 11.7. The van der Waals surface area contributed by atoms with Crippen molar-refractivity contribution in [2.24, 2.45) is 11.7 Å². The van der Waals surface area contributed by atoms with Crippen LogP contribution in [0.15, 0.2) is 22.7 Å². The Hall–Kier alpha value is -0.780. The second-order valence-electron chi connectivity index (χ2n) is 4.47. The Morgan fingerprint density at radius 1 is 1.37 bits per heavy atom. The van der Waals surface area contributed by atoms with Crippen LogP contribution in [0, 0.1) is 5.92 Å². The lowest BCUT2D eigenvalue weighted by Crippen LogP contribution is -2.26. The van der Waals surface area contributed by atoms with Gasteiger partial charge in [0.05, 0.1) is 6.10 Å². The number of halogens is 2. The lowest BCUT2D eigenvalue weighted by molar-refractivity contribution is -0.119. The molecule has 0 saturated carbocycles. The monoisotopic (exact) mass is 350 g/mol. The zero-order valence-electron chi connectivity index (χ0n) is 11.3. The number of carbonyl (C=O) groups excluding carboxylic acids is 1. The number of rotatable bonds is 5. The molecule has 0 heterocycles. The van der Waals surface area contributed by atoms with Crippen molar-refractivity contribution in [3.8, 4) is 5.75 Å². The molecular weight excluding hydrogens is 332 g/mol. The highest BCUT2D eigenvalue weighted by atomic mass is 79.9. The molecule has 1 aromatic rings. The van der Waals surface area contributed by atoms with Crippen LogP contribution in [0.2, 0.25) is 0 Å². The second-order valence-corrected chi connectivity index (χ2v) is 5.38. The average Bonchev–Trinajstić information content (AvgIpc) is 2.25. The van der Waals surface area contributed by atoms with Crippen LogP contribution in [0.3, 0.4) is 0 Å². The van der Waals surface area contributed by atoms with Crippen molar-refractivity contribution in [1.82, 2.24) is 0 Å². The Balaban J connectivity index is 0.00000324. The first-order chi connectivity index (χ1) is 8.42. The topological polar surface area (TPSA) is 64.3 Å². The van der Waals surface area contributed by atoms with Crippen LogP contribution in [0.1, 0.15) is 20.8 Å².